The van der Waals surface area contributed by atoms with E-state index in [4.69, 9.17) is 12.6 Å². The summed E-state index contributed by atoms with van der Waals surface area (Å²) in [6.07, 6.45) is 8.48. The van der Waals surface area contributed by atoms with Gasteiger partial charge in [-0.1, -0.05) is 20.8 Å². The van der Waals surface area contributed by atoms with Gasteiger partial charge in [0.15, 0.2) is 0 Å². The van der Waals surface area contributed by atoms with Crippen LogP contribution in [0.3, 0.4) is 0 Å². The van der Waals surface area contributed by atoms with Crippen molar-refractivity contribution >= 4 is 12.6 Å². The molecule has 0 radical (unpaired) electrons. The van der Waals surface area contributed by atoms with Crippen LogP contribution in [0.25, 0.3) is 0 Å². The highest BCUT2D eigenvalue weighted by Gasteiger charge is 2.62. The molecule has 0 spiro atoms. The van der Waals surface area contributed by atoms with Crippen LogP contribution in [0.2, 0.25) is 0 Å². The molecule has 0 amide bonds. The molecule has 0 aromatic carbocycles. The second-order valence-corrected chi connectivity index (χ2v) is 8.67. The van der Waals surface area contributed by atoms with Gasteiger partial charge in [-0.05, 0) is 54.8 Å². The first-order valence-corrected chi connectivity index (χ1v) is 6.41. The summed E-state index contributed by atoms with van der Waals surface area (Å²) in [5.41, 5.74) is 1.83. The molecule has 1 heteroatoms. The highest BCUT2D eigenvalue weighted by molar-refractivity contribution is 7.81. The van der Waals surface area contributed by atoms with Crippen LogP contribution in [-0.2, 0) is 0 Å². The smallest absolute Gasteiger partial charge is 0.0145 e. The van der Waals surface area contributed by atoms with E-state index >= 15 is 0 Å². The Kier molecular flexibility index (Phi) is 1.51. The predicted molar refractivity (Wildman–Crippen MR) is 63.7 cm³/mol. The minimum absolute atomic E-state index is 0.382. The predicted octanol–water partition coefficient (Wildman–Crippen LogP) is 4.06. The molecule has 4 aliphatic carbocycles. The standard InChI is InChI=1S/C13H22S/c1-10-4-11(2)6-12(3,5-10)9-13(14,7-10)8-11/h14H,4-9H2,1-3H3. The van der Waals surface area contributed by atoms with E-state index in [1.165, 1.54) is 38.5 Å². The monoisotopic (exact) mass is 210 g/mol. The third-order valence-electron chi connectivity index (χ3n) is 4.83. The average Bonchev–Trinajstić information content (AvgIpc) is 1.67. The summed E-state index contributed by atoms with van der Waals surface area (Å²) in [5.74, 6) is 0. The lowest BCUT2D eigenvalue weighted by molar-refractivity contribution is -0.123. The maximum absolute atomic E-state index is 5.01. The van der Waals surface area contributed by atoms with E-state index in [-0.39, 0.29) is 0 Å². The van der Waals surface area contributed by atoms with Crippen LogP contribution < -0.4 is 0 Å². The van der Waals surface area contributed by atoms with Gasteiger partial charge in [0.25, 0.3) is 0 Å². The fourth-order valence-electron chi connectivity index (χ4n) is 6.22. The second kappa shape index (κ2) is 2.21. The van der Waals surface area contributed by atoms with Gasteiger partial charge in [-0.25, -0.2) is 0 Å². The zero-order valence-corrected chi connectivity index (χ0v) is 10.6. The lowest BCUT2D eigenvalue weighted by Crippen LogP contribution is -2.59. The van der Waals surface area contributed by atoms with Crippen molar-refractivity contribution in [1.82, 2.24) is 0 Å². The molecule has 0 aromatic rings. The first kappa shape index (κ1) is 9.57. The average molecular weight is 210 g/mol. The number of hydrogen-bond acceptors (Lipinski definition) is 1. The van der Waals surface area contributed by atoms with Gasteiger partial charge in [-0.15, -0.1) is 0 Å². The van der Waals surface area contributed by atoms with Crippen LogP contribution in [0.4, 0.5) is 0 Å². The van der Waals surface area contributed by atoms with Crippen molar-refractivity contribution in [2.24, 2.45) is 16.2 Å². The van der Waals surface area contributed by atoms with Crippen LogP contribution in [0.1, 0.15) is 59.3 Å². The van der Waals surface area contributed by atoms with E-state index < -0.39 is 0 Å². The molecule has 0 heterocycles. The molecule has 0 saturated heterocycles. The van der Waals surface area contributed by atoms with Gasteiger partial charge in [0.05, 0.1) is 0 Å². The van der Waals surface area contributed by atoms with Crippen molar-refractivity contribution < 1.29 is 0 Å². The van der Waals surface area contributed by atoms with Gasteiger partial charge in [0.2, 0.25) is 0 Å². The molecule has 4 saturated carbocycles. The maximum Gasteiger partial charge on any atom is 0.0145 e. The molecule has 80 valence electrons. The molecular formula is C13H22S. The highest BCUT2D eigenvalue weighted by Crippen LogP contribution is 2.72. The molecule has 4 fully saturated rings. The summed E-state index contributed by atoms with van der Waals surface area (Å²) < 4.78 is 0.382. The molecule has 0 atom stereocenters. The van der Waals surface area contributed by atoms with Crippen molar-refractivity contribution in [2.75, 3.05) is 0 Å². The van der Waals surface area contributed by atoms with E-state index in [2.05, 4.69) is 20.8 Å². The Labute approximate surface area is 93.3 Å². The topological polar surface area (TPSA) is 0 Å². The Bertz CT molecular complexity index is 198. The van der Waals surface area contributed by atoms with Crippen molar-refractivity contribution in [3.8, 4) is 0 Å². The summed E-state index contributed by atoms with van der Waals surface area (Å²) in [4.78, 5) is 0. The van der Waals surface area contributed by atoms with E-state index in [0.717, 1.165) is 0 Å². The zero-order valence-electron chi connectivity index (χ0n) is 9.69. The van der Waals surface area contributed by atoms with Gasteiger partial charge in [-0.2, -0.15) is 12.6 Å². The Morgan fingerprint density at radius 1 is 0.643 bits per heavy atom. The number of rotatable bonds is 0. The van der Waals surface area contributed by atoms with Crippen LogP contribution >= 0.6 is 12.6 Å². The molecule has 14 heavy (non-hydrogen) atoms. The van der Waals surface area contributed by atoms with E-state index in [1.54, 1.807) is 0 Å². The summed E-state index contributed by atoms with van der Waals surface area (Å²) >= 11 is 5.01. The van der Waals surface area contributed by atoms with Crippen LogP contribution in [-0.4, -0.2) is 4.75 Å². The van der Waals surface area contributed by atoms with Crippen molar-refractivity contribution in [3.63, 3.8) is 0 Å². The largest absolute Gasteiger partial charge is 0.172 e. The molecule has 4 rings (SSSR count). The Balaban J connectivity index is 2.08. The molecule has 0 aromatic heterocycles. The molecule has 0 unspecified atom stereocenters. The second-order valence-electron chi connectivity index (χ2n) is 7.72. The Morgan fingerprint density at radius 2 is 0.929 bits per heavy atom. The maximum atomic E-state index is 5.01. The first-order chi connectivity index (χ1) is 6.24. The van der Waals surface area contributed by atoms with Gasteiger partial charge < -0.3 is 0 Å². The number of thiol groups is 1. The van der Waals surface area contributed by atoms with Crippen molar-refractivity contribution in [3.05, 3.63) is 0 Å². The summed E-state index contributed by atoms with van der Waals surface area (Å²) in [7, 11) is 0. The fraction of sp³-hybridized carbons (Fsp3) is 1.00. The van der Waals surface area contributed by atoms with Crippen molar-refractivity contribution in [1.29, 1.82) is 0 Å². The van der Waals surface area contributed by atoms with E-state index in [0.29, 0.717) is 21.0 Å². The molecule has 4 bridgehead atoms. The Hall–Kier alpha value is 0.350. The fourth-order valence-corrected chi connectivity index (χ4v) is 7.37. The number of hydrogen-bond donors (Lipinski definition) is 1. The summed E-state index contributed by atoms with van der Waals surface area (Å²) in [5, 5.41) is 0. The lowest BCUT2D eigenvalue weighted by atomic mass is 9.40. The van der Waals surface area contributed by atoms with Gasteiger partial charge in [0.1, 0.15) is 0 Å². The summed E-state index contributed by atoms with van der Waals surface area (Å²) in [6.45, 7) is 7.52. The molecule has 0 N–H and O–H groups in total. The lowest BCUT2D eigenvalue weighted by Gasteiger charge is -2.68. The molecule has 4 aliphatic rings. The first-order valence-electron chi connectivity index (χ1n) is 5.97. The van der Waals surface area contributed by atoms with Gasteiger partial charge in [-0.3, -0.25) is 0 Å². The third kappa shape index (κ3) is 1.20. The van der Waals surface area contributed by atoms with Gasteiger partial charge >= 0.3 is 0 Å². The van der Waals surface area contributed by atoms with Crippen LogP contribution in [0.15, 0.2) is 0 Å². The third-order valence-corrected chi connectivity index (χ3v) is 5.30. The van der Waals surface area contributed by atoms with E-state index in [9.17, 15) is 0 Å². The Morgan fingerprint density at radius 3 is 1.14 bits per heavy atom. The van der Waals surface area contributed by atoms with Gasteiger partial charge in [0, 0.05) is 4.75 Å². The van der Waals surface area contributed by atoms with Crippen LogP contribution in [0.5, 0.6) is 0 Å². The van der Waals surface area contributed by atoms with Crippen molar-refractivity contribution in [2.45, 2.75) is 64.0 Å². The highest BCUT2D eigenvalue weighted by atomic mass is 32.1. The minimum atomic E-state index is 0.382. The molecular weight excluding hydrogens is 188 g/mol. The van der Waals surface area contributed by atoms with Crippen LogP contribution in [0, 0.1) is 16.2 Å². The minimum Gasteiger partial charge on any atom is -0.172 e. The summed E-state index contributed by atoms with van der Waals surface area (Å²) in [6, 6.07) is 0. The molecule has 0 nitrogen and oxygen atoms in total. The zero-order chi connectivity index (χ0) is 10.2. The molecule has 0 aliphatic heterocycles. The SMILES string of the molecule is CC12CC3(C)CC(C)(C1)CC(S)(C2)C3. The van der Waals surface area contributed by atoms with E-state index in [1.807, 2.05) is 0 Å². The quantitative estimate of drug-likeness (QED) is 0.573. The normalized spacial score (nSPS) is 66.0.